The zero-order chi connectivity index (χ0) is 18.7. The van der Waals surface area contributed by atoms with Gasteiger partial charge >= 0.3 is 6.36 Å². The number of piperazine rings is 1. The number of alkyl halides is 3. The standard InChI is InChI=1S/C14H18F3N3O4S.ClH/c1-10-8-18-6-7-20(10)13(21)9-19-25(22,23)12-4-2-11(3-5-12)24-14(15,16)17;/h2-5,10,18-19H,6-9H2,1H3;1H/t10-;/m1./s1. The van der Waals surface area contributed by atoms with E-state index in [2.05, 4.69) is 14.8 Å². The molecule has 0 bridgehead atoms. The molecular weight excluding hydrogens is 399 g/mol. The van der Waals surface area contributed by atoms with Crippen molar-refractivity contribution in [3.05, 3.63) is 24.3 Å². The summed E-state index contributed by atoms with van der Waals surface area (Å²) in [7, 11) is -4.02. The van der Waals surface area contributed by atoms with Crippen LogP contribution in [0.1, 0.15) is 6.92 Å². The summed E-state index contributed by atoms with van der Waals surface area (Å²) >= 11 is 0. The number of hydrogen-bond acceptors (Lipinski definition) is 5. The van der Waals surface area contributed by atoms with Gasteiger partial charge in [-0.25, -0.2) is 13.1 Å². The van der Waals surface area contributed by atoms with Crippen LogP contribution in [-0.2, 0) is 14.8 Å². The number of nitrogens with zero attached hydrogens (tertiary/aromatic N) is 1. The van der Waals surface area contributed by atoms with Gasteiger partial charge in [0, 0.05) is 25.7 Å². The smallest absolute Gasteiger partial charge is 0.406 e. The van der Waals surface area contributed by atoms with Crippen molar-refractivity contribution in [1.82, 2.24) is 14.9 Å². The van der Waals surface area contributed by atoms with Crippen LogP contribution in [0.15, 0.2) is 29.2 Å². The van der Waals surface area contributed by atoms with E-state index in [0.717, 1.165) is 24.3 Å². The predicted octanol–water partition coefficient (Wildman–Crippen LogP) is 1.11. The molecule has 1 amide bonds. The number of halogens is 4. The molecule has 1 aliphatic heterocycles. The van der Waals surface area contributed by atoms with Gasteiger partial charge < -0.3 is 15.0 Å². The third-order valence-electron chi connectivity index (χ3n) is 3.60. The van der Waals surface area contributed by atoms with Gasteiger partial charge in [0.15, 0.2) is 0 Å². The molecule has 1 aliphatic rings. The zero-order valence-electron chi connectivity index (χ0n) is 13.7. The fourth-order valence-electron chi connectivity index (χ4n) is 2.37. The Balaban J connectivity index is 0.00000338. The van der Waals surface area contributed by atoms with Crippen molar-refractivity contribution in [3.8, 4) is 5.75 Å². The molecular formula is C14H19ClF3N3O4S. The van der Waals surface area contributed by atoms with Crippen LogP contribution in [0.3, 0.4) is 0 Å². The lowest BCUT2D eigenvalue weighted by atomic mass is 10.2. The summed E-state index contributed by atoms with van der Waals surface area (Å²) in [6.45, 7) is 3.15. The van der Waals surface area contributed by atoms with Crippen LogP contribution >= 0.6 is 12.4 Å². The molecule has 26 heavy (non-hydrogen) atoms. The molecule has 2 rings (SSSR count). The number of carbonyl (C=O) groups is 1. The Kier molecular flexibility index (Phi) is 7.69. The molecule has 7 nitrogen and oxygen atoms in total. The summed E-state index contributed by atoms with van der Waals surface area (Å²) in [4.78, 5) is 13.4. The molecule has 1 aromatic rings. The first-order valence-corrected chi connectivity index (χ1v) is 8.92. The van der Waals surface area contributed by atoms with Gasteiger partial charge in [0.25, 0.3) is 0 Å². The van der Waals surface area contributed by atoms with E-state index in [0.29, 0.717) is 19.6 Å². The maximum atomic E-state index is 12.1. The summed E-state index contributed by atoms with van der Waals surface area (Å²) in [5.74, 6) is -0.897. The molecule has 1 fully saturated rings. The lowest BCUT2D eigenvalue weighted by Crippen LogP contribution is -2.54. The van der Waals surface area contributed by atoms with Crippen LogP contribution < -0.4 is 14.8 Å². The number of benzene rings is 1. The van der Waals surface area contributed by atoms with Crippen molar-refractivity contribution in [2.75, 3.05) is 26.2 Å². The molecule has 0 unspecified atom stereocenters. The van der Waals surface area contributed by atoms with Gasteiger partial charge in [-0.2, -0.15) is 0 Å². The minimum atomic E-state index is -4.86. The summed E-state index contributed by atoms with van der Waals surface area (Å²) in [5, 5.41) is 3.11. The minimum Gasteiger partial charge on any atom is -0.406 e. The largest absolute Gasteiger partial charge is 0.573 e. The number of hydrogen-bond donors (Lipinski definition) is 2. The molecule has 1 aromatic carbocycles. The Labute approximate surface area is 155 Å². The number of ether oxygens (including phenoxy) is 1. The van der Waals surface area contributed by atoms with Crippen LogP contribution in [0.5, 0.6) is 5.75 Å². The molecule has 1 atom stereocenters. The zero-order valence-corrected chi connectivity index (χ0v) is 15.4. The Morgan fingerprint density at radius 3 is 2.50 bits per heavy atom. The molecule has 0 spiro atoms. The third-order valence-corrected chi connectivity index (χ3v) is 5.02. The van der Waals surface area contributed by atoms with Crippen molar-refractivity contribution >= 4 is 28.3 Å². The highest BCUT2D eigenvalue weighted by atomic mass is 35.5. The molecule has 0 aliphatic carbocycles. The van der Waals surface area contributed by atoms with Crippen molar-refractivity contribution in [2.24, 2.45) is 0 Å². The van der Waals surface area contributed by atoms with Crippen LogP contribution in [0, 0.1) is 0 Å². The lowest BCUT2D eigenvalue weighted by molar-refractivity contribution is -0.274. The van der Waals surface area contributed by atoms with Gasteiger partial charge in [0.2, 0.25) is 15.9 Å². The number of sulfonamides is 1. The first-order chi connectivity index (χ1) is 11.6. The van der Waals surface area contributed by atoms with Gasteiger partial charge in [-0.15, -0.1) is 25.6 Å². The second-order valence-corrected chi connectivity index (χ2v) is 7.25. The van der Waals surface area contributed by atoms with E-state index in [-0.39, 0.29) is 29.3 Å². The average molecular weight is 418 g/mol. The molecule has 12 heteroatoms. The summed E-state index contributed by atoms with van der Waals surface area (Å²) in [5.41, 5.74) is 0. The van der Waals surface area contributed by atoms with Crippen molar-refractivity contribution in [1.29, 1.82) is 0 Å². The van der Waals surface area contributed by atoms with Gasteiger partial charge in [-0.05, 0) is 31.2 Å². The van der Waals surface area contributed by atoms with E-state index >= 15 is 0 Å². The average Bonchev–Trinajstić information content (AvgIpc) is 2.52. The van der Waals surface area contributed by atoms with E-state index in [1.165, 1.54) is 0 Å². The number of nitrogens with one attached hydrogen (secondary N) is 2. The quantitative estimate of drug-likeness (QED) is 0.749. The Morgan fingerprint density at radius 1 is 1.35 bits per heavy atom. The molecule has 0 aromatic heterocycles. The normalized spacial score (nSPS) is 18.2. The summed E-state index contributed by atoms with van der Waals surface area (Å²) in [6.07, 6.45) is -4.86. The molecule has 1 heterocycles. The maximum absolute atomic E-state index is 12.1. The topological polar surface area (TPSA) is 87.7 Å². The predicted molar refractivity (Wildman–Crippen MR) is 89.6 cm³/mol. The third kappa shape index (κ3) is 6.31. The highest BCUT2D eigenvalue weighted by molar-refractivity contribution is 7.89. The maximum Gasteiger partial charge on any atom is 0.573 e. The van der Waals surface area contributed by atoms with E-state index < -0.39 is 28.7 Å². The molecule has 0 radical (unpaired) electrons. The Hall–Kier alpha value is -1.56. The first-order valence-electron chi connectivity index (χ1n) is 7.44. The van der Waals surface area contributed by atoms with Gasteiger partial charge in [0.1, 0.15) is 5.75 Å². The van der Waals surface area contributed by atoms with Crippen molar-refractivity contribution in [3.63, 3.8) is 0 Å². The number of amides is 1. The number of rotatable bonds is 5. The Bertz CT molecular complexity index is 713. The van der Waals surface area contributed by atoms with Gasteiger partial charge in [-0.3, -0.25) is 4.79 Å². The van der Waals surface area contributed by atoms with Gasteiger partial charge in [0.05, 0.1) is 11.4 Å². The summed E-state index contributed by atoms with van der Waals surface area (Å²) < 4.78 is 66.4. The first kappa shape index (κ1) is 22.5. The SMILES string of the molecule is C[C@@H]1CNCCN1C(=O)CNS(=O)(=O)c1ccc(OC(F)(F)F)cc1.Cl. The highest BCUT2D eigenvalue weighted by Crippen LogP contribution is 2.23. The fourth-order valence-corrected chi connectivity index (χ4v) is 3.35. The van der Waals surface area contributed by atoms with Crippen molar-refractivity contribution < 1.29 is 31.1 Å². The van der Waals surface area contributed by atoms with E-state index in [1.807, 2.05) is 6.92 Å². The van der Waals surface area contributed by atoms with E-state index in [1.54, 1.807) is 4.90 Å². The van der Waals surface area contributed by atoms with Crippen LogP contribution in [0.25, 0.3) is 0 Å². The molecule has 0 saturated carbocycles. The van der Waals surface area contributed by atoms with Crippen LogP contribution in [-0.4, -0.2) is 57.8 Å². The number of carbonyl (C=O) groups excluding carboxylic acids is 1. The minimum absolute atomic E-state index is 0. The monoisotopic (exact) mass is 417 g/mol. The summed E-state index contributed by atoms with van der Waals surface area (Å²) in [6, 6.07) is 3.68. The van der Waals surface area contributed by atoms with Crippen molar-refractivity contribution in [2.45, 2.75) is 24.2 Å². The van der Waals surface area contributed by atoms with E-state index in [4.69, 9.17) is 0 Å². The lowest BCUT2D eigenvalue weighted by Gasteiger charge is -2.34. The molecule has 1 saturated heterocycles. The molecule has 148 valence electrons. The van der Waals surface area contributed by atoms with Gasteiger partial charge in [-0.1, -0.05) is 0 Å². The van der Waals surface area contributed by atoms with Crippen LogP contribution in [0.2, 0.25) is 0 Å². The van der Waals surface area contributed by atoms with E-state index in [9.17, 15) is 26.4 Å². The highest BCUT2D eigenvalue weighted by Gasteiger charge is 2.31. The second kappa shape index (κ2) is 8.89. The fraction of sp³-hybridized carbons (Fsp3) is 0.500. The second-order valence-electron chi connectivity index (χ2n) is 5.48. The van der Waals surface area contributed by atoms with Crippen LogP contribution in [0.4, 0.5) is 13.2 Å². The Morgan fingerprint density at radius 2 is 1.96 bits per heavy atom. The molecule has 2 N–H and O–H groups in total.